The van der Waals surface area contributed by atoms with Crippen molar-refractivity contribution in [1.29, 1.82) is 0 Å². The molecule has 1 aromatic carbocycles. The van der Waals surface area contributed by atoms with Gasteiger partial charge in [0, 0.05) is 12.2 Å². The van der Waals surface area contributed by atoms with E-state index in [0.29, 0.717) is 39.6 Å². The van der Waals surface area contributed by atoms with Crippen LogP contribution in [0.4, 0.5) is 0 Å². The number of ether oxygens (including phenoxy) is 6. The zero-order chi connectivity index (χ0) is 40.0. The Balaban J connectivity index is 1.64. The van der Waals surface area contributed by atoms with E-state index in [1.54, 1.807) is 0 Å². The van der Waals surface area contributed by atoms with Crippen LogP contribution in [0.2, 0.25) is 0 Å². The van der Waals surface area contributed by atoms with Gasteiger partial charge in [-0.1, -0.05) is 72.6 Å². The number of phosphoric ester groups is 1. The molecular formula is C42H77O11P. The van der Waals surface area contributed by atoms with E-state index in [0.717, 1.165) is 65.2 Å². The Hall–Kier alpha value is -1.27. The maximum atomic E-state index is 12.0. The van der Waals surface area contributed by atoms with E-state index < -0.39 is 20.5 Å². The van der Waals surface area contributed by atoms with Crippen LogP contribution >= 0.6 is 7.82 Å². The topological polar surface area (TPSA) is 131 Å². The molecule has 11 nitrogen and oxygen atoms in total. The van der Waals surface area contributed by atoms with E-state index in [1.165, 1.54) is 56.9 Å². The van der Waals surface area contributed by atoms with E-state index in [2.05, 4.69) is 55.4 Å². The van der Waals surface area contributed by atoms with Crippen LogP contribution in [0.25, 0.3) is 0 Å². The van der Waals surface area contributed by atoms with Crippen LogP contribution in [0.15, 0.2) is 0 Å². The normalized spacial score (nSPS) is 18.6. The Morgan fingerprint density at radius 2 is 1.33 bits per heavy atom. The van der Waals surface area contributed by atoms with Crippen molar-refractivity contribution in [2.75, 3.05) is 72.7 Å². The summed E-state index contributed by atoms with van der Waals surface area (Å²) in [5.41, 5.74) is 4.58. The SMILES string of the molecule is CCOCCOP(=O)(O)OC(CO)COCCOCCOCCOc1c(C)c(C)c2c(c1C)CC[C@@](C)(CCC[C@H](C)CCC[C@H](C)CCCC(C)C)O2. The first-order valence-corrected chi connectivity index (χ1v) is 22.2. The summed E-state index contributed by atoms with van der Waals surface area (Å²) in [5.74, 6) is 4.42. The predicted octanol–water partition coefficient (Wildman–Crippen LogP) is 9.09. The Morgan fingerprint density at radius 1 is 0.759 bits per heavy atom. The molecule has 2 N–H and O–H groups in total. The molecule has 12 heteroatoms. The largest absolute Gasteiger partial charge is 0.491 e. The molecule has 0 amide bonds. The average Bonchev–Trinajstić information content (AvgIpc) is 3.11. The molecule has 0 bridgehead atoms. The van der Waals surface area contributed by atoms with Crippen molar-refractivity contribution in [2.45, 2.75) is 145 Å². The van der Waals surface area contributed by atoms with Gasteiger partial charge < -0.3 is 38.4 Å². The van der Waals surface area contributed by atoms with Crippen LogP contribution in [0.1, 0.15) is 128 Å². The zero-order valence-corrected chi connectivity index (χ0v) is 36.3. The van der Waals surface area contributed by atoms with Crippen molar-refractivity contribution in [3.05, 3.63) is 22.3 Å². The standard InChI is InChI=1S/C42H77O11P/c1-10-46-27-29-51-54(44,45)53-38(30-43)31-49-25-24-47-22-23-48-26-28-50-40-35(6)36(7)41-39(37(40)8)19-21-42(9,52-41)20-13-18-34(5)17-12-16-33(4)15-11-14-32(2)3/h32-34,38,43H,10-31H2,1-9H3,(H,44,45)/t33-,34-,38?,42-/m1/s1. The molecule has 1 heterocycles. The molecule has 0 aliphatic carbocycles. The van der Waals surface area contributed by atoms with E-state index in [1.807, 2.05) is 6.92 Å². The van der Waals surface area contributed by atoms with E-state index in [9.17, 15) is 14.6 Å². The second kappa shape index (κ2) is 26.6. The Labute approximate surface area is 328 Å². The Morgan fingerprint density at radius 3 is 1.94 bits per heavy atom. The molecule has 0 spiro atoms. The van der Waals surface area contributed by atoms with Crippen LogP contribution in [0, 0.1) is 38.5 Å². The van der Waals surface area contributed by atoms with Gasteiger partial charge in [-0.25, -0.2) is 4.57 Å². The summed E-state index contributed by atoms with van der Waals surface area (Å²) in [6, 6.07) is 0. The highest BCUT2D eigenvalue weighted by Gasteiger charge is 2.34. The summed E-state index contributed by atoms with van der Waals surface area (Å²) in [7, 11) is -4.32. The molecule has 0 saturated carbocycles. The van der Waals surface area contributed by atoms with Crippen molar-refractivity contribution >= 4 is 7.82 Å². The van der Waals surface area contributed by atoms with Gasteiger partial charge in [-0.2, -0.15) is 0 Å². The molecule has 1 aliphatic rings. The minimum atomic E-state index is -4.32. The van der Waals surface area contributed by atoms with Crippen LogP contribution < -0.4 is 9.47 Å². The first-order chi connectivity index (χ1) is 25.7. The number of aliphatic hydroxyl groups excluding tert-OH is 1. The maximum Gasteiger partial charge on any atom is 0.472 e. The molecule has 0 radical (unpaired) electrons. The molecule has 0 aromatic heterocycles. The third-order valence-electron chi connectivity index (χ3n) is 10.5. The zero-order valence-electron chi connectivity index (χ0n) is 35.4. The van der Waals surface area contributed by atoms with Gasteiger partial charge in [-0.15, -0.1) is 0 Å². The van der Waals surface area contributed by atoms with Gasteiger partial charge in [0.15, 0.2) is 0 Å². The lowest BCUT2D eigenvalue weighted by atomic mass is 9.83. The quantitative estimate of drug-likeness (QED) is 0.0536. The number of hydrogen-bond donors (Lipinski definition) is 2. The van der Waals surface area contributed by atoms with Crippen LogP contribution in [-0.4, -0.2) is 94.4 Å². The summed E-state index contributed by atoms with van der Waals surface area (Å²) in [6.07, 6.45) is 12.7. The van der Waals surface area contributed by atoms with Crippen molar-refractivity contribution in [3.8, 4) is 11.5 Å². The van der Waals surface area contributed by atoms with Gasteiger partial charge in [0.1, 0.15) is 29.8 Å². The molecule has 1 aromatic rings. The average molecular weight is 789 g/mol. The number of aliphatic hydroxyl groups is 1. The molecule has 5 atom stereocenters. The van der Waals surface area contributed by atoms with Gasteiger partial charge in [0.05, 0.1) is 59.5 Å². The summed E-state index contributed by atoms with van der Waals surface area (Å²) in [6.45, 7) is 22.2. The number of benzene rings is 1. The van der Waals surface area contributed by atoms with E-state index >= 15 is 0 Å². The summed E-state index contributed by atoms with van der Waals surface area (Å²) in [5, 5.41) is 9.44. The Kier molecular flexibility index (Phi) is 24.1. The van der Waals surface area contributed by atoms with Gasteiger partial charge in [0.25, 0.3) is 0 Å². The molecule has 54 heavy (non-hydrogen) atoms. The van der Waals surface area contributed by atoms with Crippen molar-refractivity contribution in [3.63, 3.8) is 0 Å². The van der Waals surface area contributed by atoms with Gasteiger partial charge in [0.2, 0.25) is 0 Å². The highest BCUT2D eigenvalue weighted by Crippen LogP contribution is 2.46. The lowest BCUT2D eigenvalue weighted by Gasteiger charge is -2.38. The summed E-state index contributed by atoms with van der Waals surface area (Å²) < 4.78 is 56.6. The minimum absolute atomic E-state index is 0.0859. The lowest BCUT2D eigenvalue weighted by Crippen LogP contribution is -2.37. The van der Waals surface area contributed by atoms with Gasteiger partial charge >= 0.3 is 7.82 Å². The van der Waals surface area contributed by atoms with E-state index in [-0.39, 0.29) is 32.0 Å². The highest BCUT2D eigenvalue weighted by atomic mass is 31.2. The fourth-order valence-corrected chi connectivity index (χ4v) is 7.90. The third kappa shape index (κ3) is 19.3. The van der Waals surface area contributed by atoms with Crippen LogP contribution in [-0.2, 0) is 39.0 Å². The van der Waals surface area contributed by atoms with Crippen molar-refractivity contribution < 1.29 is 52.0 Å². The first kappa shape index (κ1) is 48.9. The summed E-state index contributed by atoms with van der Waals surface area (Å²) >= 11 is 0. The molecule has 2 unspecified atom stereocenters. The van der Waals surface area contributed by atoms with Crippen LogP contribution in [0.3, 0.4) is 0 Å². The smallest absolute Gasteiger partial charge is 0.472 e. The number of phosphoric acid groups is 1. The number of rotatable bonds is 32. The summed E-state index contributed by atoms with van der Waals surface area (Å²) in [4.78, 5) is 9.77. The van der Waals surface area contributed by atoms with Gasteiger partial charge in [-0.3, -0.25) is 9.05 Å². The molecule has 0 fully saturated rings. The third-order valence-corrected chi connectivity index (χ3v) is 11.6. The highest BCUT2D eigenvalue weighted by molar-refractivity contribution is 7.47. The number of hydrogen-bond acceptors (Lipinski definition) is 10. The van der Waals surface area contributed by atoms with Crippen molar-refractivity contribution in [2.24, 2.45) is 17.8 Å². The fourth-order valence-electron chi connectivity index (χ4n) is 7.02. The van der Waals surface area contributed by atoms with Gasteiger partial charge in [-0.05, 0) is 94.7 Å². The second-order valence-corrected chi connectivity index (χ2v) is 17.4. The van der Waals surface area contributed by atoms with Crippen molar-refractivity contribution in [1.82, 2.24) is 0 Å². The van der Waals surface area contributed by atoms with E-state index in [4.69, 9.17) is 37.5 Å². The second-order valence-electron chi connectivity index (χ2n) is 16.0. The monoisotopic (exact) mass is 789 g/mol. The molecule has 0 saturated heterocycles. The number of fused-ring (bicyclic) bond motifs is 1. The lowest BCUT2D eigenvalue weighted by molar-refractivity contribution is -0.0274. The maximum absolute atomic E-state index is 12.0. The first-order valence-electron chi connectivity index (χ1n) is 20.7. The molecule has 316 valence electrons. The van der Waals surface area contributed by atoms with Crippen LogP contribution in [0.5, 0.6) is 11.5 Å². The predicted molar refractivity (Wildman–Crippen MR) is 215 cm³/mol. The Bertz CT molecular complexity index is 1210. The molecule has 1 aliphatic heterocycles. The molecular weight excluding hydrogens is 711 g/mol. The molecule has 2 rings (SSSR count). The fraction of sp³-hybridized carbons (Fsp3) is 0.857. The minimum Gasteiger partial charge on any atom is -0.491 e.